The Labute approximate surface area is 186 Å². The Morgan fingerprint density at radius 2 is 1.58 bits per heavy atom. The average Bonchev–Trinajstić information content (AvgIpc) is 2.71. The molecule has 0 spiro atoms. The van der Waals surface area contributed by atoms with Crippen LogP contribution in [0.15, 0.2) is 48.5 Å². The number of amides is 3. The second-order valence-corrected chi connectivity index (χ2v) is 7.69. The van der Waals surface area contributed by atoms with E-state index in [9.17, 15) is 14.4 Å². The predicted octanol–water partition coefficient (Wildman–Crippen LogP) is 2.69. The topological polar surface area (TPSA) is 109 Å². The summed E-state index contributed by atoms with van der Waals surface area (Å²) in [5.74, 6) is -0.172. The summed E-state index contributed by atoms with van der Waals surface area (Å²) >= 11 is 4.99. The minimum Gasteiger partial charge on any atom is -0.484 e. The fraction of sp³-hybridized carbons (Fsp3) is 0.273. The van der Waals surface area contributed by atoms with Crippen molar-refractivity contribution in [1.82, 2.24) is 16.2 Å². The Morgan fingerprint density at radius 1 is 0.935 bits per heavy atom. The van der Waals surface area contributed by atoms with Gasteiger partial charge in [-0.2, -0.15) is 0 Å². The molecule has 164 valence electrons. The largest absolute Gasteiger partial charge is 0.484 e. The normalized spacial score (nSPS) is 10.2. The number of aryl methyl sites for hydroxylation is 1. The summed E-state index contributed by atoms with van der Waals surface area (Å²) in [7, 11) is 0. The SMILES string of the molecule is Cc1ccc(OCC(=O)NC(=S)NNC(=O)c2ccc(NC(=O)CC(C)C)cc2)cc1. The average molecular weight is 443 g/mol. The molecule has 0 saturated carbocycles. The first-order valence-electron chi connectivity index (χ1n) is 9.72. The summed E-state index contributed by atoms with van der Waals surface area (Å²) in [5, 5.41) is 5.11. The summed E-state index contributed by atoms with van der Waals surface area (Å²) in [4.78, 5) is 35.9. The van der Waals surface area contributed by atoms with Crippen LogP contribution in [0.4, 0.5) is 5.69 Å². The van der Waals surface area contributed by atoms with E-state index in [4.69, 9.17) is 17.0 Å². The van der Waals surface area contributed by atoms with E-state index in [1.165, 1.54) is 0 Å². The number of thiocarbonyl (C=S) groups is 1. The third-order valence-electron chi connectivity index (χ3n) is 3.96. The molecule has 0 bridgehead atoms. The van der Waals surface area contributed by atoms with Gasteiger partial charge in [-0.1, -0.05) is 31.5 Å². The lowest BCUT2D eigenvalue weighted by Crippen LogP contribution is -2.49. The first-order valence-corrected chi connectivity index (χ1v) is 10.1. The lowest BCUT2D eigenvalue weighted by atomic mass is 10.1. The van der Waals surface area contributed by atoms with Crippen LogP contribution in [0.3, 0.4) is 0 Å². The van der Waals surface area contributed by atoms with Gasteiger partial charge in [0.05, 0.1) is 0 Å². The monoisotopic (exact) mass is 442 g/mol. The number of ether oxygens (including phenoxy) is 1. The second-order valence-electron chi connectivity index (χ2n) is 7.28. The second kappa shape index (κ2) is 11.7. The molecule has 0 saturated heterocycles. The number of benzene rings is 2. The number of carbonyl (C=O) groups is 3. The van der Waals surface area contributed by atoms with E-state index in [0.717, 1.165) is 5.56 Å². The Morgan fingerprint density at radius 3 is 2.19 bits per heavy atom. The molecule has 0 aliphatic rings. The number of nitrogens with one attached hydrogen (secondary N) is 4. The van der Waals surface area contributed by atoms with Crippen molar-refractivity contribution in [2.45, 2.75) is 27.2 Å². The maximum absolute atomic E-state index is 12.2. The Bertz CT molecular complexity index is 928. The minimum atomic E-state index is -0.464. The van der Waals surface area contributed by atoms with Gasteiger partial charge in [-0.25, -0.2) is 0 Å². The molecule has 0 heterocycles. The molecule has 3 amide bonds. The molecule has 0 atom stereocenters. The Balaban J connectivity index is 1.73. The zero-order chi connectivity index (χ0) is 22.8. The van der Waals surface area contributed by atoms with Gasteiger partial charge in [-0.3, -0.25) is 30.6 Å². The highest BCUT2D eigenvalue weighted by atomic mass is 32.1. The highest BCUT2D eigenvalue weighted by Crippen LogP contribution is 2.12. The van der Waals surface area contributed by atoms with Crippen molar-refractivity contribution in [2.24, 2.45) is 5.92 Å². The molecule has 0 radical (unpaired) electrons. The zero-order valence-electron chi connectivity index (χ0n) is 17.7. The molecule has 0 fully saturated rings. The quantitative estimate of drug-likeness (QED) is 0.388. The highest BCUT2D eigenvalue weighted by Gasteiger charge is 2.10. The number of anilines is 1. The summed E-state index contributed by atoms with van der Waals surface area (Å²) in [6.45, 7) is 5.66. The van der Waals surface area contributed by atoms with Crippen molar-refractivity contribution in [1.29, 1.82) is 0 Å². The van der Waals surface area contributed by atoms with E-state index in [1.807, 2.05) is 32.9 Å². The minimum absolute atomic E-state index is 0.0663. The van der Waals surface area contributed by atoms with Crippen molar-refractivity contribution in [2.75, 3.05) is 11.9 Å². The number of carbonyl (C=O) groups excluding carboxylic acids is 3. The van der Waals surface area contributed by atoms with Crippen LogP contribution >= 0.6 is 12.2 Å². The van der Waals surface area contributed by atoms with E-state index in [2.05, 4.69) is 21.5 Å². The molecular weight excluding hydrogens is 416 g/mol. The molecule has 8 nitrogen and oxygen atoms in total. The Kier molecular flexibility index (Phi) is 8.95. The van der Waals surface area contributed by atoms with Gasteiger partial charge in [0, 0.05) is 17.7 Å². The lowest BCUT2D eigenvalue weighted by Gasteiger charge is -2.12. The van der Waals surface area contributed by atoms with Gasteiger partial charge in [0.25, 0.3) is 11.8 Å². The van der Waals surface area contributed by atoms with Crippen molar-refractivity contribution in [3.8, 4) is 5.75 Å². The van der Waals surface area contributed by atoms with Gasteiger partial charge in [0.1, 0.15) is 5.75 Å². The van der Waals surface area contributed by atoms with E-state index < -0.39 is 11.8 Å². The zero-order valence-corrected chi connectivity index (χ0v) is 18.5. The molecule has 0 aliphatic carbocycles. The molecule has 0 aromatic heterocycles. The molecule has 9 heteroatoms. The van der Waals surface area contributed by atoms with Crippen LogP contribution in [-0.2, 0) is 9.59 Å². The van der Waals surface area contributed by atoms with Crippen LogP contribution < -0.4 is 26.2 Å². The molecule has 4 N–H and O–H groups in total. The van der Waals surface area contributed by atoms with Gasteiger partial charge in [0.2, 0.25) is 5.91 Å². The maximum atomic E-state index is 12.2. The highest BCUT2D eigenvalue weighted by molar-refractivity contribution is 7.80. The molecule has 2 aromatic rings. The molecule has 0 aliphatic heterocycles. The third kappa shape index (κ3) is 8.83. The fourth-order valence-corrected chi connectivity index (χ4v) is 2.62. The van der Waals surface area contributed by atoms with E-state index >= 15 is 0 Å². The van der Waals surface area contributed by atoms with E-state index in [0.29, 0.717) is 23.4 Å². The van der Waals surface area contributed by atoms with Crippen molar-refractivity contribution < 1.29 is 19.1 Å². The molecule has 0 unspecified atom stereocenters. The summed E-state index contributed by atoms with van der Waals surface area (Å²) < 4.78 is 5.36. The van der Waals surface area contributed by atoms with Gasteiger partial charge in [-0.15, -0.1) is 0 Å². The number of rotatable bonds is 7. The molecule has 2 aromatic carbocycles. The van der Waals surface area contributed by atoms with Crippen molar-refractivity contribution in [3.63, 3.8) is 0 Å². The van der Waals surface area contributed by atoms with Crippen LogP contribution in [0.25, 0.3) is 0 Å². The van der Waals surface area contributed by atoms with E-state index in [1.54, 1.807) is 36.4 Å². The molecule has 31 heavy (non-hydrogen) atoms. The summed E-state index contributed by atoms with van der Waals surface area (Å²) in [5.41, 5.74) is 6.90. The number of hydrogen-bond donors (Lipinski definition) is 4. The molecular formula is C22H26N4O4S. The first kappa shape index (κ1) is 23.8. The van der Waals surface area contributed by atoms with Gasteiger partial charge < -0.3 is 10.1 Å². The van der Waals surface area contributed by atoms with Crippen LogP contribution in [0.1, 0.15) is 36.2 Å². The number of hydrazine groups is 1. The van der Waals surface area contributed by atoms with Crippen LogP contribution in [0.5, 0.6) is 5.75 Å². The van der Waals surface area contributed by atoms with Crippen LogP contribution in [-0.4, -0.2) is 29.4 Å². The fourth-order valence-electron chi connectivity index (χ4n) is 2.45. The standard InChI is InChI=1S/C22H26N4O4S/c1-14(2)12-19(27)23-17-8-6-16(7-9-17)21(29)25-26-22(31)24-20(28)13-30-18-10-4-15(3)5-11-18/h4-11,14H,12-13H2,1-3H3,(H,23,27)(H,25,29)(H2,24,26,28,31). The van der Waals surface area contributed by atoms with Crippen LogP contribution in [0.2, 0.25) is 0 Å². The Hall–Kier alpha value is -3.46. The lowest BCUT2D eigenvalue weighted by molar-refractivity contribution is -0.121. The summed E-state index contributed by atoms with van der Waals surface area (Å²) in [6.07, 6.45) is 0.422. The summed E-state index contributed by atoms with van der Waals surface area (Å²) in [6, 6.07) is 13.7. The first-order chi connectivity index (χ1) is 14.7. The van der Waals surface area contributed by atoms with E-state index in [-0.39, 0.29) is 23.5 Å². The van der Waals surface area contributed by atoms with Crippen molar-refractivity contribution >= 4 is 40.7 Å². The number of hydrogen-bond acceptors (Lipinski definition) is 5. The van der Waals surface area contributed by atoms with Crippen molar-refractivity contribution in [3.05, 3.63) is 59.7 Å². The van der Waals surface area contributed by atoms with Gasteiger partial charge in [0.15, 0.2) is 11.7 Å². The predicted molar refractivity (Wildman–Crippen MR) is 123 cm³/mol. The van der Waals surface area contributed by atoms with Gasteiger partial charge in [-0.05, 0) is 61.5 Å². The third-order valence-corrected chi connectivity index (χ3v) is 4.16. The van der Waals surface area contributed by atoms with Gasteiger partial charge >= 0.3 is 0 Å². The maximum Gasteiger partial charge on any atom is 0.269 e. The smallest absolute Gasteiger partial charge is 0.269 e. The van der Waals surface area contributed by atoms with Crippen LogP contribution in [0, 0.1) is 12.8 Å². The molecule has 2 rings (SSSR count).